The average molecular weight is 663 g/mol. The number of nitrogens with zero attached hydrogens (tertiary/aromatic N) is 4. The van der Waals surface area contributed by atoms with Gasteiger partial charge in [-0.15, -0.1) is 0 Å². The van der Waals surface area contributed by atoms with Gasteiger partial charge in [-0.25, -0.2) is 8.78 Å². The molecule has 2 aliphatic heterocycles. The number of benzene rings is 5. The molecule has 0 saturated carbocycles. The summed E-state index contributed by atoms with van der Waals surface area (Å²) in [7, 11) is 1.63. The molecule has 5 aromatic rings. The molecule has 0 aliphatic carbocycles. The van der Waals surface area contributed by atoms with Crippen molar-refractivity contribution in [1.29, 1.82) is 5.26 Å². The molecular weight excluding hydrogens is 622 g/mol. The van der Waals surface area contributed by atoms with E-state index in [1.807, 2.05) is 96.4 Å². The Morgan fingerprint density at radius 1 is 0.776 bits per heavy atom. The van der Waals surface area contributed by atoms with Gasteiger partial charge < -0.3 is 20.0 Å². The van der Waals surface area contributed by atoms with Crippen molar-refractivity contribution in [3.63, 3.8) is 0 Å². The van der Waals surface area contributed by atoms with Gasteiger partial charge in [0.25, 0.3) is 5.91 Å². The second kappa shape index (κ2) is 15.3. The summed E-state index contributed by atoms with van der Waals surface area (Å²) in [5, 5.41) is 10.9. The van der Waals surface area contributed by atoms with Crippen LogP contribution in [0.1, 0.15) is 52.0 Å². The van der Waals surface area contributed by atoms with Crippen molar-refractivity contribution in [1.82, 2.24) is 4.90 Å². The summed E-state index contributed by atoms with van der Waals surface area (Å²) in [6, 6.07) is 29.6. The Kier molecular flexibility index (Phi) is 10.9. The highest BCUT2D eigenvalue weighted by molar-refractivity contribution is 6.25. The smallest absolute Gasteiger partial charge is 0.259 e. The minimum Gasteiger partial charge on any atom is -0.497 e. The van der Waals surface area contributed by atoms with E-state index in [1.165, 1.54) is 6.07 Å². The van der Waals surface area contributed by atoms with Crippen LogP contribution in [0.2, 0.25) is 0 Å². The molecular formula is C40H40F2N4O3. The Balaban J connectivity index is 0.00000153. The maximum atomic E-state index is 15.4. The molecule has 5 aromatic carbocycles. The summed E-state index contributed by atoms with van der Waals surface area (Å²) in [6.45, 7) is 7.52. The Morgan fingerprint density at radius 3 is 2.14 bits per heavy atom. The summed E-state index contributed by atoms with van der Waals surface area (Å²) < 4.78 is 35.2. The number of ether oxygens (including phenoxy) is 1. The third kappa shape index (κ3) is 7.12. The summed E-state index contributed by atoms with van der Waals surface area (Å²) in [4.78, 5) is 19.4. The van der Waals surface area contributed by atoms with E-state index in [0.29, 0.717) is 68.1 Å². The van der Waals surface area contributed by atoms with Crippen LogP contribution in [0.25, 0.3) is 10.8 Å². The first-order valence-electron chi connectivity index (χ1n) is 16.4. The second-order valence-corrected chi connectivity index (χ2v) is 11.9. The molecule has 2 N–H and O–H groups in total. The summed E-state index contributed by atoms with van der Waals surface area (Å²) in [6.07, 6.45) is 0.541. The predicted octanol–water partition coefficient (Wildman–Crippen LogP) is 7.27. The summed E-state index contributed by atoms with van der Waals surface area (Å²) in [5.41, 5.74) is 5.91. The van der Waals surface area contributed by atoms with Crippen LogP contribution >= 0.6 is 0 Å². The average Bonchev–Trinajstić information content (AvgIpc) is 3.39. The molecule has 0 radical (unpaired) electrons. The van der Waals surface area contributed by atoms with Crippen molar-refractivity contribution in [2.75, 3.05) is 43.1 Å². The van der Waals surface area contributed by atoms with Crippen LogP contribution in [-0.2, 0) is 19.5 Å². The topological polar surface area (TPSA) is 91.3 Å². The fourth-order valence-corrected chi connectivity index (χ4v) is 6.60. The maximum Gasteiger partial charge on any atom is 0.259 e. The van der Waals surface area contributed by atoms with E-state index >= 15 is 4.39 Å². The number of nitriles is 1. The number of anilines is 2. The van der Waals surface area contributed by atoms with Crippen molar-refractivity contribution < 1.29 is 23.8 Å². The van der Waals surface area contributed by atoms with E-state index in [0.717, 1.165) is 38.9 Å². The molecule has 9 heteroatoms. The minimum absolute atomic E-state index is 0. The molecule has 252 valence electrons. The van der Waals surface area contributed by atoms with Gasteiger partial charge in [0.05, 0.1) is 36.7 Å². The highest BCUT2D eigenvalue weighted by Gasteiger charge is 2.30. The Morgan fingerprint density at radius 2 is 1.47 bits per heavy atom. The molecule has 0 spiro atoms. The number of halogens is 2. The van der Waals surface area contributed by atoms with Gasteiger partial charge in [-0.2, -0.15) is 5.26 Å². The molecule has 2 aliphatic rings. The summed E-state index contributed by atoms with van der Waals surface area (Å²) >= 11 is 0. The molecule has 1 amide bonds. The first-order chi connectivity index (χ1) is 23.4. The van der Waals surface area contributed by atoms with E-state index in [9.17, 15) is 9.18 Å². The normalized spacial score (nSPS) is 13.8. The minimum atomic E-state index is -0.396. The number of carbonyl (C=O) groups excluding carboxylic acids is 1. The molecule has 0 bridgehead atoms. The predicted molar refractivity (Wildman–Crippen MR) is 190 cm³/mol. The molecule has 7 rings (SSSR count). The van der Waals surface area contributed by atoms with Crippen molar-refractivity contribution in [3.05, 3.63) is 136 Å². The van der Waals surface area contributed by atoms with Gasteiger partial charge in [0.1, 0.15) is 17.4 Å². The third-order valence-corrected chi connectivity index (χ3v) is 9.07. The quantitative estimate of drug-likeness (QED) is 0.174. The van der Waals surface area contributed by atoms with Crippen LogP contribution in [0.3, 0.4) is 0 Å². The number of methoxy groups -OCH3 is 1. The lowest BCUT2D eigenvalue weighted by molar-refractivity contribution is 0.0991. The number of hydrogen-bond donors (Lipinski definition) is 0. The van der Waals surface area contributed by atoms with Crippen molar-refractivity contribution in [3.8, 4) is 11.8 Å². The van der Waals surface area contributed by atoms with Crippen LogP contribution in [0.4, 0.5) is 20.2 Å². The van der Waals surface area contributed by atoms with Crippen LogP contribution in [0.5, 0.6) is 5.75 Å². The lowest BCUT2D eigenvalue weighted by Crippen LogP contribution is -2.46. The van der Waals surface area contributed by atoms with Gasteiger partial charge in [-0.05, 0) is 77.0 Å². The van der Waals surface area contributed by atoms with Gasteiger partial charge >= 0.3 is 0 Å². The molecule has 2 heterocycles. The largest absolute Gasteiger partial charge is 0.497 e. The Hall–Kier alpha value is -5.30. The van der Waals surface area contributed by atoms with Gasteiger partial charge in [0.15, 0.2) is 0 Å². The van der Waals surface area contributed by atoms with Crippen LogP contribution < -0.4 is 14.5 Å². The molecule has 7 nitrogen and oxygen atoms in total. The van der Waals surface area contributed by atoms with E-state index in [2.05, 4.69) is 4.90 Å². The van der Waals surface area contributed by atoms with Crippen LogP contribution in [-0.4, -0.2) is 49.6 Å². The van der Waals surface area contributed by atoms with Gasteiger partial charge in [-0.1, -0.05) is 56.3 Å². The number of piperazine rings is 1. The maximum absolute atomic E-state index is 15.4. The number of rotatable bonds is 8. The Bertz CT molecular complexity index is 2000. The first-order valence-corrected chi connectivity index (χ1v) is 16.4. The molecule has 1 fully saturated rings. The van der Waals surface area contributed by atoms with Crippen LogP contribution in [0.15, 0.2) is 91.0 Å². The number of amides is 1. The zero-order chi connectivity index (χ0) is 33.8. The van der Waals surface area contributed by atoms with Crippen molar-refractivity contribution in [2.24, 2.45) is 0 Å². The second-order valence-electron chi connectivity index (χ2n) is 11.9. The molecule has 0 unspecified atom stereocenters. The standard InChI is InChI=1S/C38H32F2N4O2.C2H6.H2O/c1-46-30-11-6-25(7-12-30)23-44-36-14-10-28(31-3-2-4-32(37(31)36)38(44)45)19-26-5-9-29(33(39)20-26)24-42-15-17-43(18-16-42)35-13-8-27(22-41)21-34(35)40;1-2;/h2-14,20-21H,15-19,23-24H2,1H3;1-2H3;1H2. The van der Waals surface area contributed by atoms with E-state index in [-0.39, 0.29) is 17.2 Å². The SMILES string of the molecule is CC.COc1ccc(CN2C(=O)c3cccc4c(Cc5ccc(CN6CCN(c7ccc(C#N)cc7F)CC6)c(F)c5)ccc2c34)cc1.O. The zero-order valence-corrected chi connectivity index (χ0v) is 28.0. The lowest BCUT2D eigenvalue weighted by Gasteiger charge is -2.36. The van der Waals surface area contributed by atoms with Crippen LogP contribution in [0, 0.1) is 23.0 Å². The Labute approximate surface area is 285 Å². The number of hydrogen-bond acceptors (Lipinski definition) is 5. The monoisotopic (exact) mass is 662 g/mol. The fourth-order valence-electron chi connectivity index (χ4n) is 6.60. The van der Waals surface area contributed by atoms with E-state index in [4.69, 9.17) is 10.00 Å². The van der Waals surface area contributed by atoms with Crippen molar-refractivity contribution in [2.45, 2.75) is 33.4 Å². The highest BCUT2D eigenvalue weighted by Crippen LogP contribution is 2.40. The highest BCUT2D eigenvalue weighted by atomic mass is 19.1. The zero-order valence-electron chi connectivity index (χ0n) is 28.0. The molecule has 1 saturated heterocycles. The van der Waals surface area contributed by atoms with Gasteiger partial charge in [0.2, 0.25) is 0 Å². The van der Waals surface area contributed by atoms with Gasteiger partial charge in [-0.3, -0.25) is 9.69 Å². The molecule has 0 atom stereocenters. The summed E-state index contributed by atoms with van der Waals surface area (Å²) in [5.74, 6) is 0.108. The number of carbonyl (C=O) groups is 1. The lowest BCUT2D eigenvalue weighted by atomic mass is 9.95. The van der Waals surface area contributed by atoms with Gasteiger partial charge in [0, 0.05) is 49.2 Å². The molecule has 0 aromatic heterocycles. The fraction of sp³-hybridized carbons (Fsp3) is 0.250. The third-order valence-electron chi connectivity index (χ3n) is 9.07. The first kappa shape index (κ1) is 35.0. The van der Waals surface area contributed by atoms with Crippen molar-refractivity contribution >= 4 is 28.1 Å². The van der Waals surface area contributed by atoms with E-state index in [1.54, 1.807) is 25.3 Å². The van der Waals surface area contributed by atoms with E-state index < -0.39 is 5.82 Å². The molecule has 49 heavy (non-hydrogen) atoms.